The van der Waals surface area contributed by atoms with E-state index in [1.165, 1.54) is 20.6 Å². The monoisotopic (exact) mass is 826 g/mol. The van der Waals surface area contributed by atoms with Gasteiger partial charge in [-0.05, 0) is 79.0 Å². The molecule has 0 radical (unpaired) electrons. The van der Waals surface area contributed by atoms with Crippen LogP contribution in [0.25, 0.3) is 22.3 Å². The molecule has 2 aliphatic heterocycles. The smallest absolute Gasteiger partial charge is 0.407 e. The van der Waals surface area contributed by atoms with E-state index in [1.54, 1.807) is 0 Å². The number of hydrogen-bond acceptors (Lipinski definition) is 9. The number of carbonyl (C=O) groups excluding carboxylic acids is 3. The second kappa shape index (κ2) is 18.9. The number of carbonyl (C=O) groups is 3. The molecule has 7 rings (SSSR count). The van der Waals surface area contributed by atoms with Crippen LogP contribution in [0.15, 0.2) is 84.0 Å². The molecule has 3 aromatic carbocycles. The van der Waals surface area contributed by atoms with E-state index >= 15 is 0 Å². The van der Waals surface area contributed by atoms with Crippen molar-refractivity contribution in [1.82, 2.24) is 35.1 Å². The van der Waals surface area contributed by atoms with Crippen molar-refractivity contribution < 1.29 is 28.9 Å². The van der Waals surface area contributed by atoms with Crippen LogP contribution >= 0.6 is 0 Å². The topological polar surface area (TPSA) is 167 Å². The Labute approximate surface area is 356 Å². The van der Waals surface area contributed by atoms with Crippen LogP contribution in [0.1, 0.15) is 87.8 Å². The molecule has 5 aromatic rings. The van der Waals surface area contributed by atoms with E-state index in [2.05, 4.69) is 49.1 Å². The summed E-state index contributed by atoms with van der Waals surface area (Å²) in [4.78, 5) is 74.5. The molecule has 0 saturated carbocycles. The lowest BCUT2D eigenvalue weighted by Crippen LogP contribution is -2.56. The first-order chi connectivity index (χ1) is 29.5. The summed E-state index contributed by atoms with van der Waals surface area (Å²) in [5, 5.41) is 2.77. The third-order valence-electron chi connectivity index (χ3n) is 11.6. The SMILES string of the molecule is COO/C=N\[C@H](C(=O)N1CCC[C@H]1c1ncc(-c2ccc(C#Cc3ccc4nc([C@]5(Cc6ccccc6)CCCN5C(=O)[C@@H](NC(=O)OC)C(C)C)[nH]c4c3)cc2)[nH]1)C(C)C. The van der Waals surface area contributed by atoms with Crippen molar-refractivity contribution in [2.24, 2.45) is 16.8 Å². The average molecular weight is 827 g/mol. The quantitative estimate of drug-likeness (QED) is 0.0372. The number of aromatic amines is 2. The van der Waals surface area contributed by atoms with E-state index in [4.69, 9.17) is 19.6 Å². The van der Waals surface area contributed by atoms with Crippen LogP contribution < -0.4 is 5.32 Å². The normalized spacial score (nSPS) is 18.7. The molecule has 3 N–H and O–H groups in total. The number of rotatable bonds is 13. The predicted molar refractivity (Wildman–Crippen MR) is 232 cm³/mol. The molecular formula is C47H54N8O6. The van der Waals surface area contributed by atoms with E-state index in [0.29, 0.717) is 31.8 Å². The summed E-state index contributed by atoms with van der Waals surface area (Å²) in [5.74, 6) is 7.65. The highest BCUT2D eigenvalue weighted by atomic mass is 17.2. The minimum atomic E-state index is -0.759. The number of benzene rings is 3. The Bertz CT molecular complexity index is 2410. The van der Waals surface area contributed by atoms with E-state index < -0.39 is 23.7 Å². The minimum Gasteiger partial charge on any atom is -0.453 e. The van der Waals surface area contributed by atoms with Crippen molar-refractivity contribution in [3.63, 3.8) is 0 Å². The second-order valence-electron chi connectivity index (χ2n) is 16.4. The molecule has 318 valence electrons. The zero-order chi connectivity index (χ0) is 43.1. The van der Waals surface area contributed by atoms with Gasteiger partial charge in [-0.1, -0.05) is 82.0 Å². The van der Waals surface area contributed by atoms with Crippen LogP contribution in [0.5, 0.6) is 0 Å². The number of imidazole rings is 2. The van der Waals surface area contributed by atoms with Crippen LogP contribution in [0, 0.1) is 23.7 Å². The fraction of sp³-hybridized carbons (Fsp3) is 0.404. The molecule has 61 heavy (non-hydrogen) atoms. The number of hydrogen-bond donors (Lipinski definition) is 3. The predicted octanol–water partition coefficient (Wildman–Crippen LogP) is 7.09. The van der Waals surface area contributed by atoms with Gasteiger partial charge in [0.25, 0.3) is 0 Å². The number of nitrogens with one attached hydrogen (secondary N) is 3. The van der Waals surface area contributed by atoms with Gasteiger partial charge in [0.15, 0.2) is 0 Å². The maximum absolute atomic E-state index is 14.3. The lowest BCUT2D eigenvalue weighted by Gasteiger charge is -2.40. The Morgan fingerprint density at radius 1 is 0.934 bits per heavy atom. The molecule has 0 bridgehead atoms. The third-order valence-corrected chi connectivity index (χ3v) is 11.6. The van der Waals surface area contributed by atoms with Crippen LogP contribution in [0.3, 0.4) is 0 Å². The van der Waals surface area contributed by atoms with Crippen molar-refractivity contribution in [2.45, 2.75) is 83.5 Å². The van der Waals surface area contributed by atoms with Crippen LogP contribution in [0.2, 0.25) is 0 Å². The van der Waals surface area contributed by atoms with Crippen molar-refractivity contribution in [2.75, 3.05) is 27.3 Å². The zero-order valence-corrected chi connectivity index (χ0v) is 35.6. The van der Waals surface area contributed by atoms with Crippen molar-refractivity contribution in [3.05, 3.63) is 107 Å². The number of nitrogens with zero attached hydrogens (tertiary/aromatic N) is 5. The highest BCUT2D eigenvalue weighted by Crippen LogP contribution is 2.42. The van der Waals surface area contributed by atoms with E-state index in [0.717, 1.165) is 64.1 Å². The number of ether oxygens (including phenoxy) is 1. The van der Waals surface area contributed by atoms with Crippen LogP contribution in [-0.4, -0.2) is 93.4 Å². The molecule has 14 heteroatoms. The largest absolute Gasteiger partial charge is 0.453 e. The van der Waals surface area contributed by atoms with Gasteiger partial charge in [-0.25, -0.2) is 19.8 Å². The third kappa shape index (κ3) is 9.32. The fourth-order valence-electron chi connectivity index (χ4n) is 8.49. The number of aromatic nitrogens is 4. The summed E-state index contributed by atoms with van der Waals surface area (Å²) in [6, 6.07) is 22.5. The molecule has 2 aliphatic rings. The van der Waals surface area contributed by atoms with E-state index in [9.17, 15) is 14.4 Å². The second-order valence-corrected chi connectivity index (χ2v) is 16.4. The summed E-state index contributed by atoms with van der Waals surface area (Å²) in [6.45, 7) is 8.92. The number of likely N-dealkylation sites (tertiary alicyclic amines) is 2. The first-order valence-corrected chi connectivity index (χ1v) is 20.9. The van der Waals surface area contributed by atoms with E-state index in [-0.39, 0.29) is 29.7 Å². The summed E-state index contributed by atoms with van der Waals surface area (Å²) < 4.78 is 4.87. The Hall–Kier alpha value is -6.46. The minimum absolute atomic E-state index is 0.0207. The van der Waals surface area contributed by atoms with Gasteiger partial charge in [-0.15, -0.1) is 0 Å². The van der Waals surface area contributed by atoms with Crippen molar-refractivity contribution in [3.8, 4) is 23.1 Å². The maximum Gasteiger partial charge on any atom is 0.407 e. The average Bonchev–Trinajstić information content (AvgIpc) is 4.10. The van der Waals surface area contributed by atoms with Gasteiger partial charge in [-0.2, -0.15) is 4.89 Å². The number of aliphatic imine (C=N–C) groups is 1. The zero-order valence-electron chi connectivity index (χ0n) is 35.6. The standard InChI is InChI=1S/C47H54N8O6/c1-30(2)40(49-29-61-60-6)43(56)54-24-10-14-39(54)42-48-28-38(50-42)35-20-17-32(18-21-35)15-16-33-19-22-36-37(26-33)52-45(51-36)47(27-34-12-8-7-9-13-34)23-11-25-55(47)44(57)41(31(3)4)53-46(58)59-5/h7-9,12-13,17-22,26,28-31,39-41H,10-11,14,23-25,27H2,1-6H3,(H,48,50)(H,51,52)(H,53,58)/b49-29-/t39-,40-,41-,47+/m0/s1. The molecule has 3 amide bonds. The molecule has 0 aliphatic carbocycles. The summed E-state index contributed by atoms with van der Waals surface area (Å²) in [7, 11) is 2.69. The summed E-state index contributed by atoms with van der Waals surface area (Å²) in [6.07, 6.45) is 6.09. The Kier molecular flexibility index (Phi) is 13.2. The molecule has 4 heterocycles. The molecule has 0 unspecified atom stereocenters. The molecule has 2 fully saturated rings. The van der Waals surface area contributed by atoms with Gasteiger partial charge >= 0.3 is 6.09 Å². The van der Waals surface area contributed by atoms with Gasteiger partial charge in [-0.3, -0.25) is 9.59 Å². The van der Waals surface area contributed by atoms with Crippen LogP contribution in [0.4, 0.5) is 4.79 Å². The number of alkyl carbamates (subject to hydrolysis) is 1. The van der Waals surface area contributed by atoms with E-state index in [1.807, 2.05) is 104 Å². The lowest BCUT2D eigenvalue weighted by atomic mass is 9.86. The maximum atomic E-state index is 14.3. The first kappa shape index (κ1) is 42.7. The Morgan fingerprint density at radius 3 is 2.41 bits per heavy atom. The van der Waals surface area contributed by atoms with Crippen molar-refractivity contribution in [1.29, 1.82) is 0 Å². The molecular weight excluding hydrogens is 773 g/mol. The Balaban J connectivity index is 1.09. The summed E-state index contributed by atoms with van der Waals surface area (Å²) in [5.41, 5.74) is 5.40. The number of methoxy groups -OCH3 is 1. The molecule has 2 aromatic heterocycles. The Morgan fingerprint density at radius 2 is 1.69 bits per heavy atom. The van der Waals surface area contributed by atoms with Gasteiger partial charge in [0.1, 0.15) is 29.3 Å². The molecule has 0 spiro atoms. The summed E-state index contributed by atoms with van der Waals surface area (Å²) >= 11 is 0. The highest BCUT2D eigenvalue weighted by molar-refractivity contribution is 5.87. The molecule has 2 saturated heterocycles. The lowest BCUT2D eigenvalue weighted by molar-refractivity contribution is -0.188. The number of amides is 3. The van der Waals surface area contributed by atoms with Crippen molar-refractivity contribution >= 4 is 35.3 Å². The van der Waals surface area contributed by atoms with Gasteiger partial charge in [0.2, 0.25) is 18.2 Å². The van der Waals surface area contributed by atoms with Gasteiger partial charge in [0, 0.05) is 30.6 Å². The molecule has 4 atom stereocenters. The highest BCUT2D eigenvalue weighted by Gasteiger charge is 2.49. The number of H-pyrrole nitrogens is 2. The van der Waals surface area contributed by atoms with Gasteiger partial charge in [0.05, 0.1) is 43.2 Å². The first-order valence-electron chi connectivity index (χ1n) is 20.9. The van der Waals surface area contributed by atoms with Crippen LogP contribution in [-0.2, 0) is 36.1 Å². The fourth-order valence-corrected chi connectivity index (χ4v) is 8.49. The van der Waals surface area contributed by atoms with Gasteiger partial charge < -0.3 is 34.7 Å². The number of fused-ring (bicyclic) bond motifs is 1. The molecule has 14 nitrogen and oxygen atoms in total.